The Morgan fingerprint density at radius 3 is 2.33 bits per heavy atom. The zero-order valence-corrected chi connectivity index (χ0v) is 19.5. The Morgan fingerprint density at radius 1 is 1.09 bits per heavy atom. The van der Waals surface area contributed by atoms with Crippen molar-refractivity contribution in [2.75, 3.05) is 12.4 Å². The number of amides is 1. The first-order valence-corrected chi connectivity index (χ1v) is 10.6. The van der Waals surface area contributed by atoms with Crippen molar-refractivity contribution >= 4 is 22.5 Å². The number of carbonyl (C=O) groups is 1. The second-order valence-electron chi connectivity index (χ2n) is 8.23. The maximum atomic E-state index is 13.2. The molecule has 33 heavy (non-hydrogen) atoms. The highest BCUT2D eigenvalue weighted by Crippen LogP contribution is 2.29. The Kier molecular flexibility index (Phi) is 5.76. The van der Waals surface area contributed by atoms with Crippen LogP contribution >= 0.6 is 0 Å². The molecule has 0 spiro atoms. The number of carbonyl (C=O) groups excluding carboxylic acids is 1. The van der Waals surface area contributed by atoms with Crippen LogP contribution < -0.4 is 15.6 Å². The first-order chi connectivity index (χ1) is 15.7. The topological polar surface area (TPSA) is 99.2 Å². The number of methoxy groups -OCH3 is 1. The fourth-order valence-corrected chi connectivity index (χ4v) is 4.04. The number of fused-ring (bicyclic) bond motifs is 1. The highest BCUT2D eigenvalue weighted by atomic mass is 16.5. The van der Waals surface area contributed by atoms with E-state index in [9.17, 15) is 9.59 Å². The molecular weight excluding hydrogens is 420 g/mol. The summed E-state index contributed by atoms with van der Waals surface area (Å²) in [6, 6.07) is 10.4. The SMILES string of the molecule is COc1ccc(-c2nn([C@@H](C)C(=O)Nc3c(C)cc(C)cc3C)c(=O)c3noc(C)c23)cc1. The van der Waals surface area contributed by atoms with Gasteiger partial charge in [-0.2, -0.15) is 5.10 Å². The van der Waals surface area contributed by atoms with E-state index in [2.05, 4.69) is 15.6 Å². The van der Waals surface area contributed by atoms with Crippen LogP contribution in [-0.4, -0.2) is 28.0 Å². The van der Waals surface area contributed by atoms with Gasteiger partial charge in [0, 0.05) is 11.3 Å². The summed E-state index contributed by atoms with van der Waals surface area (Å²) in [4.78, 5) is 26.3. The summed E-state index contributed by atoms with van der Waals surface area (Å²) in [5.74, 6) is 0.831. The first-order valence-electron chi connectivity index (χ1n) is 10.6. The van der Waals surface area contributed by atoms with Crippen molar-refractivity contribution in [2.24, 2.45) is 0 Å². The van der Waals surface area contributed by atoms with Gasteiger partial charge in [0.05, 0.1) is 12.5 Å². The summed E-state index contributed by atoms with van der Waals surface area (Å²) in [6.45, 7) is 9.26. The van der Waals surface area contributed by atoms with Gasteiger partial charge in [0.25, 0.3) is 5.56 Å². The van der Waals surface area contributed by atoms with Crippen molar-refractivity contribution in [3.8, 4) is 17.0 Å². The van der Waals surface area contributed by atoms with Gasteiger partial charge in [0.15, 0.2) is 5.52 Å². The maximum Gasteiger partial charge on any atom is 0.297 e. The molecule has 170 valence electrons. The van der Waals surface area contributed by atoms with Crippen molar-refractivity contribution < 1.29 is 14.1 Å². The molecule has 0 radical (unpaired) electrons. The van der Waals surface area contributed by atoms with Gasteiger partial charge in [-0.05, 0) is 70.0 Å². The Morgan fingerprint density at radius 2 is 1.73 bits per heavy atom. The number of rotatable bonds is 5. The first kappa shape index (κ1) is 22.3. The van der Waals surface area contributed by atoms with E-state index >= 15 is 0 Å². The molecule has 1 amide bonds. The smallest absolute Gasteiger partial charge is 0.297 e. The van der Waals surface area contributed by atoms with Crippen LogP contribution in [0.15, 0.2) is 45.7 Å². The van der Waals surface area contributed by atoms with Crippen LogP contribution in [0.2, 0.25) is 0 Å². The van der Waals surface area contributed by atoms with Crippen LogP contribution in [0.1, 0.15) is 35.4 Å². The van der Waals surface area contributed by atoms with Gasteiger partial charge < -0.3 is 14.6 Å². The largest absolute Gasteiger partial charge is 0.497 e. The molecule has 2 heterocycles. The minimum Gasteiger partial charge on any atom is -0.497 e. The Bertz CT molecular complexity index is 1390. The summed E-state index contributed by atoms with van der Waals surface area (Å²) >= 11 is 0. The molecule has 2 aromatic heterocycles. The highest BCUT2D eigenvalue weighted by Gasteiger charge is 2.25. The standard InChI is InChI=1S/C25H26N4O4/c1-13-11-14(2)21(15(3)12-13)26-24(30)16(4)29-25(31)23-20(17(5)33-28-23)22(27-29)18-7-9-19(32-6)10-8-18/h7-12,16H,1-6H3,(H,26,30)/t16-/m0/s1. The second kappa shape index (κ2) is 8.54. The van der Waals surface area contributed by atoms with E-state index in [1.54, 1.807) is 33.1 Å². The third kappa shape index (κ3) is 4.00. The number of hydrogen-bond donors (Lipinski definition) is 1. The molecule has 0 unspecified atom stereocenters. The van der Waals surface area contributed by atoms with Crippen LogP contribution in [0.3, 0.4) is 0 Å². The van der Waals surface area contributed by atoms with Gasteiger partial charge >= 0.3 is 0 Å². The molecule has 0 fully saturated rings. The van der Waals surface area contributed by atoms with E-state index < -0.39 is 11.6 Å². The lowest BCUT2D eigenvalue weighted by atomic mass is 10.0. The monoisotopic (exact) mass is 446 g/mol. The average Bonchev–Trinajstić information content (AvgIpc) is 3.18. The summed E-state index contributed by atoms with van der Waals surface area (Å²) in [7, 11) is 1.59. The molecule has 8 nitrogen and oxygen atoms in total. The molecule has 1 N–H and O–H groups in total. The molecule has 0 saturated heterocycles. The summed E-state index contributed by atoms with van der Waals surface area (Å²) in [5.41, 5.74) is 4.66. The van der Waals surface area contributed by atoms with Crippen LogP contribution in [-0.2, 0) is 4.79 Å². The van der Waals surface area contributed by atoms with Gasteiger partial charge in [0.2, 0.25) is 5.91 Å². The summed E-state index contributed by atoms with van der Waals surface area (Å²) in [6.07, 6.45) is 0. The summed E-state index contributed by atoms with van der Waals surface area (Å²) in [5, 5.41) is 12.0. The number of benzene rings is 2. The number of hydrogen-bond acceptors (Lipinski definition) is 6. The molecule has 0 aliphatic carbocycles. The number of ether oxygens (including phenoxy) is 1. The molecule has 4 rings (SSSR count). The molecule has 1 atom stereocenters. The van der Waals surface area contributed by atoms with E-state index in [4.69, 9.17) is 9.26 Å². The van der Waals surface area contributed by atoms with E-state index in [0.717, 1.165) is 32.6 Å². The number of nitrogens with one attached hydrogen (secondary N) is 1. The third-order valence-electron chi connectivity index (χ3n) is 5.75. The number of aromatic nitrogens is 3. The lowest BCUT2D eigenvalue weighted by molar-refractivity contribution is -0.119. The van der Waals surface area contributed by atoms with Crippen molar-refractivity contribution in [2.45, 2.75) is 40.7 Å². The van der Waals surface area contributed by atoms with Gasteiger partial charge in [0.1, 0.15) is 23.2 Å². The molecule has 0 aliphatic rings. The summed E-state index contributed by atoms with van der Waals surface area (Å²) < 4.78 is 11.7. The molecule has 8 heteroatoms. The Balaban J connectivity index is 1.79. The van der Waals surface area contributed by atoms with Crippen molar-refractivity contribution in [3.05, 3.63) is 69.2 Å². The highest BCUT2D eigenvalue weighted by molar-refractivity contribution is 5.96. The number of nitrogens with zero attached hydrogens (tertiary/aromatic N) is 3. The van der Waals surface area contributed by atoms with Crippen LogP contribution in [0.25, 0.3) is 22.2 Å². The fourth-order valence-electron chi connectivity index (χ4n) is 4.04. The minimum atomic E-state index is -0.879. The molecule has 0 aliphatic heterocycles. The van der Waals surface area contributed by atoms with Gasteiger partial charge in [-0.25, -0.2) is 4.68 Å². The zero-order chi connectivity index (χ0) is 23.9. The predicted molar refractivity (Wildman–Crippen MR) is 127 cm³/mol. The average molecular weight is 447 g/mol. The Hall–Kier alpha value is -3.94. The molecule has 0 bridgehead atoms. The lowest BCUT2D eigenvalue weighted by Crippen LogP contribution is -2.34. The normalized spacial score (nSPS) is 12.1. The van der Waals surface area contributed by atoms with Gasteiger partial charge in [-0.15, -0.1) is 0 Å². The maximum absolute atomic E-state index is 13.2. The molecule has 4 aromatic rings. The van der Waals surface area contributed by atoms with Crippen molar-refractivity contribution in [1.82, 2.24) is 14.9 Å². The second-order valence-corrected chi connectivity index (χ2v) is 8.23. The molecule has 0 saturated carbocycles. The van der Waals surface area contributed by atoms with E-state index in [1.165, 1.54) is 0 Å². The zero-order valence-electron chi connectivity index (χ0n) is 19.5. The quantitative estimate of drug-likeness (QED) is 0.485. The predicted octanol–water partition coefficient (Wildman–Crippen LogP) is 4.49. The van der Waals surface area contributed by atoms with Crippen LogP contribution in [0.4, 0.5) is 5.69 Å². The van der Waals surface area contributed by atoms with Crippen LogP contribution in [0.5, 0.6) is 5.75 Å². The van der Waals surface area contributed by atoms with Crippen LogP contribution in [0, 0.1) is 27.7 Å². The minimum absolute atomic E-state index is 0.135. The van der Waals surface area contributed by atoms with E-state index in [1.807, 2.05) is 45.0 Å². The van der Waals surface area contributed by atoms with Gasteiger partial charge in [-0.1, -0.05) is 22.9 Å². The van der Waals surface area contributed by atoms with Gasteiger partial charge in [-0.3, -0.25) is 9.59 Å². The van der Waals surface area contributed by atoms with E-state index in [-0.39, 0.29) is 11.4 Å². The Labute approximate surface area is 191 Å². The van der Waals surface area contributed by atoms with E-state index in [0.29, 0.717) is 22.6 Å². The number of anilines is 1. The van der Waals surface area contributed by atoms with Crippen molar-refractivity contribution in [3.63, 3.8) is 0 Å². The number of aryl methyl sites for hydroxylation is 4. The lowest BCUT2D eigenvalue weighted by Gasteiger charge is -2.18. The third-order valence-corrected chi connectivity index (χ3v) is 5.75. The fraction of sp³-hybridized carbons (Fsp3) is 0.280. The molecule has 2 aromatic carbocycles. The van der Waals surface area contributed by atoms with Crippen molar-refractivity contribution in [1.29, 1.82) is 0 Å². The molecular formula is C25H26N4O4.